The van der Waals surface area contributed by atoms with Crippen molar-refractivity contribution in [1.29, 1.82) is 5.26 Å². The summed E-state index contributed by atoms with van der Waals surface area (Å²) in [5.74, 6) is 0.275. The highest BCUT2D eigenvalue weighted by molar-refractivity contribution is 7.81. The standard InChI is InChI=1S/C22H18F3N3O4S/c1-21(2)19(30)27(13-4-3-12(9-26)16(7-13)22(23,24)25)20(33)28(21)14-5-6-17-18(8-14)31-11-15(10-29)32-17/h3-8,15,29H,10-11H2,1-2H3. The van der Waals surface area contributed by atoms with Crippen LogP contribution in [-0.4, -0.2) is 41.0 Å². The number of nitrogens with zero attached hydrogens (tertiary/aromatic N) is 3. The number of nitriles is 1. The average Bonchev–Trinajstić information content (AvgIpc) is 2.95. The van der Waals surface area contributed by atoms with Crippen LogP contribution in [0, 0.1) is 11.3 Å². The van der Waals surface area contributed by atoms with E-state index in [0.717, 1.165) is 17.0 Å². The van der Waals surface area contributed by atoms with Crippen LogP contribution < -0.4 is 19.3 Å². The van der Waals surface area contributed by atoms with Gasteiger partial charge in [-0.15, -0.1) is 0 Å². The van der Waals surface area contributed by atoms with Crippen molar-refractivity contribution in [3.63, 3.8) is 0 Å². The number of halogens is 3. The van der Waals surface area contributed by atoms with Gasteiger partial charge in [0.25, 0.3) is 5.91 Å². The number of hydrogen-bond donors (Lipinski definition) is 1. The lowest BCUT2D eigenvalue weighted by atomic mass is 10.0. The Morgan fingerprint density at radius 3 is 2.55 bits per heavy atom. The lowest BCUT2D eigenvalue weighted by molar-refractivity contribution is -0.137. The van der Waals surface area contributed by atoms with Gasteiger partial charge in [-0.3, -0.25) is 9.69 Å². The highest BCUT2D eigenvalue weighted by Crippen LogP contribution is 2.42. The van der Waals surface area contributed by atoms with Gasteiger partial charge in [-0.05, 0) is 56.4 Å². The van der Waals surface area contributed by atoms with Crippen molar-refractivity contribution in [3.05, 3.63) is 47.5 Å². The minimum atomic E-state index is -4.77. The predicted molar refractivity (Wildman–Crippen MR) is 116 cm³/mol. The minimum absolute atomic E-state index is 0.0206. The Hall–Kier alpha value is -3.36. The Labute approximate surface area is 192 Å². The van der Waals surface area contributed by atoms with Crippen LogP contribution in [0.15, 0.2) is 36.4 Å². The van der Waals surface area contributed by atoms with E-state index in [9.17, 15) is 23.1 Å². The molecule has 0 spiro atoms. The van der Waals surface area contributed by atoms with Crippen LogP contribution in [0.25, 0.3) is 0 Å². The molecule has 1 fully saturated rings. The maximum Gasteiger partial charge on any atom is 0.417 e. The number of hydrogen-bond acceptors (Lipinski definition) is 6. The van der Waals surface area contributed by atoms with Crippen LogP contribution >= 0.6 is 12.2 Å². The molecule has 1 atom stereocenters. The fourth-order valence-electron chi connectivity index (χ4n) is 3.79. The summed E-state index contributed by atoms with van der Waals surface area (Å²) in [7, 11) is 0. The quantitative estimate of drug-likeness (QED) is 0.676. The molecule has 1 amide bonds. The first-order valence-electron chi connectivity index (χ1n) is 9.83. The van der Waals surface area contributed by atoms with Crippen LogP contribution in [0.4, 0.5) is 24.5 Å². The maximum absolute atomic E-state index is 13.5. The molecule has 2 aromatic rings. The Kier molecular flexibility index (Phi) is 5.46. The third kappa shape index (κ3) is 3.75. The zero-order valence-electron chi connectivity index (χ0n) is 17.5. The van der Waals surface area contributed by atoms with E-state index in [2.05, 4.69) is 0 Å². The number of benzene rings is 2. The number of carbonyl (C=O) groups is 1. The molecule has 7 nitrogen and oxygen atoms in total. The third-order valence-corrected chi connectivity index (χ3v) is 5.83. The lowest BCUT2D eigenvalue weighted by Crippen LogP contribution is -2.44. The van der Waals surface area contributed by atoms with Crippen molar-refractivity contribution < 1.29 is 32.5 Å². The maximum atomic E-state index is 13.5. The summed E-state index contributed by atoms with van der Waals surface area (Å²) in [4.78, 5) is 15.8. The van der Waals surface area contributed by atoms with Gasteiger partial charge in [-0.1, -0.05) is 0 Å². The predicted octanol–water partition coefficient (Wildman–Crippen LogP) is 3.63. The molecule has 2 aliphatic rings. The second kappa shape index (κ2) is 7.90. The number of rotatable bonds is 3. The van der Waals surface area contributed by atoms with Crippen molar-refractivity contribution in [2.45, 2.75) is 31.7 Å². The molecule has 1 N–H and O–H groups in total. The number of carbonyl (C=O) groups excluding carboxylic acids is 1. The smallest absolute Gasteiger partial charge is 0.417 e. The van der Waals surface area contributed by atoms with Crippen molar-refractivity contribution in [2.75, 3.05) is 23.0 Å². The highest BCUT2D eigenvalue weighted by Gasteiger charge is 2.51. The van der Waals surface area contributed by atoms with E-state index < -0.39 is 34.9 Å². The number of aliphatic hydroxyl groups is 1. The lowest BCUT2D eigenvalue weighted by Gasteiger charge is -2.31. The Balaban J connectivity index is 1.74. The van der Waals surface area contributed by atoms with Crippen molar-refractivity contribution in [3.8, 4) is 17.6 Å². The molecule has 0 aromatic heterocycles. The summed E-state index contributed by atoms with van der Waals surface area (Å²) in [6, 6.07) is 9.43. The number of thiocarbonyl (C=S) groups is 1. The molecule has 2 aromatic carbocycles. The average molecular weight is 477 g/mol. The summed E-state index contributed by atoms with van der Waals surface area (Å²) < 4.78 is 51.7. The van der Waals surface area contributed by atoms with E-state index in [0.29, 0.717) is 17.2 Å². The fraction of sp³-hybridized carbons (Fsp3) is 0.318. The summed E-state index contributed by atoms with van der Waals surface area (Å²) in [5, 5.41) is 18.3. The first-order valence-corrected chi connectivity index (χ1v) is 10.2. The molecule has 2 heterocycles. The normalized spacial score (nSPS) is 19.6. The van der Waals surface area contributed by atoms with Gasteiger partial charge in [0.15, 0.2) is 22.7 Å². The summed E-state index contributed by atoms with van der Waals surface area (Å²) in [5.41, 5.74) is -2.52. The molecule has 33 heavy (non-hydrogen) atoms. The first-order chi connectivity index (χ1) is 15.5. The van der Waals surface area contributed by atoms with E-state index >= 15 is 0 Å². The van der Waals surface area contributed by atoms with E-state index in [4.69, 9.17) is 27.0 Å². The number of fused-ring (bicyclic) bond motifs is 1. The third-order valence-electron chi connectivity index (χ3n) is 5.46. The van der Waals surface area contributed by atoms with Gasteiger partial charge < -0.3 is 19.5 Å². The summed E-state index contributed by atoms with van der Waals surface area (Å²) in [6.45, 7) is 3.14. The molecular formula is C22H18F3N3O4S. The second-order valence-corrected chi connectivity index (χ2v) is 8.39. The highest BCUT2D eigenvalue weighted by atomic mass is 32.1. The summed E-state index contributed by atoms with van der Waals surface area (Å²) in [6.07, 6.45) is -5.27. The molecule has 1 unspecified atom stereocenters. The fourth-order valence-corrected chi connectivity index (χ4v) is 4.31. The minimum Gasteiger partial charge on any atom is -0.486 e. The van der Waals surface area contributed by atoms with Gasteiger partial charge >= 0.3 is 6.18 Å². The molecule has 0 saturated carbocycles. The first kappa shape index (κ1) is 22.8. The largest absolute Gasteiger partial charge is 0.486 e. The van der Waals surface area contributed by atoms with Crippen molar-refractivity contribution >= 4 is 34.6 Å². The zero-order valence-corrected chi connectivity index (χ0v) is 18.3. The zero-order chi connectivity index (χ0) is 24.1. The van der Waals surface area contributed by atoms with E-state index in [1.807, 2.05) is 0 Å². The van der Waals surface area contributed by atoms with Crippen LogP contribution in [0.2, 0.25) is 0 Å². The number of anilines is 2. The molecular weight excluding hydrogens is 459 g/mol. The molecule has 1 saturated heterocycles. The monoisotopic (exact) mass is 477 g/mol. The number of alkyl halides is 3. The van der Waals surface area contributed by atoms with Crippen LogP contribution in [0.3, 0.4) is 0 Å². The van der Waals surface area contributed by atoms with Gasteiger partial charge in [0.05, 0.1) is 29.5 Å². The number of amides is 1. The SMILES string of the molecule is CC1(C)C(=O)N(c2ccc(C#N)c(C(F)(F)F)c2)C(=S)N1c1ccc2c(c1)OCC(CO)O2. The number of ether oxygens (including phenoxy) is 2. The van der Waals surface area contributed by atoms with Crippen LogP contribution in [0.5, 0.6) is 11.5 Å². The number of aliphatic hydroxyl groups excluding tert-OH is 1. The Morgan fingerprint density at radius 2 is 1.91 bits per heavy atom. The van der Waals surface area contributed by atoms with Gasteiger partial charge in [-0.25, -0.2) is 0 Å². The molecule has 2 aliphatic heterocycles. The van der Waals surface area contributed by atoms with E-state index in [-0.39, 0.29) is 24.0 Å². The molecule has 0 bridgehead atoms. The van der Waals surface area contributed by atoms with Crippen LogP contribution in [0.1, 0.15) is 25.0 Å². The van der Waals surface area contributed by atoms with Crippen molar-refractivity contribution in [1.82, 2.24) is 0 Å². The van der Waals surface area contributed by atoms with Gasteiger partial charge in [0.2, 0.25) is 0 Å². The van der Waals surface area contributed by atoms with E-state index in [1.54, 1.807) is 32.0 Å². The van der Waals surface area contributed by atoms with Crippen LogP contribution in [-0.2, 0) is 11.0 Å². The molecule has 172 valence electrons. The van der Waals surface area contributed by atoms with Crippen molar-refractivity contribution in [2.24, 2.45) is 0 Å². The molecule has 0 radical (unpaired) electrons. The second-order valence-electron chi connectivity index (χ2n) is 8.02. The Bertz CT molecular complexity index is 1190. The molecule has 11 heteroatoms. The molecule has 0 aliphatic carbocycles. The van der Waals surface area contributed by atoms with Gasteiger partial charge in [-0.2, -0.15) is 18.4 Å². The van der Waals surface area contributed by atoms with Gasteiger partial charge in [0, 0.05) is 11.8 Å². The van der Waals surface area contributed by atoms with Gasteiger partial charge in [0.1, 0.15) is 12.1 Å². The van der Waals surface area contributed by atoms with E-state index in [1.165, 1.54) is 17.0 Å². The molecule has 4 rings (SSSR count). The summed E-state index contributed by atoms with van der Waals surface area (Å²) >= 11 is 5.52. The topological polar surface area (TPSA) is 86.0 Å². The Morgan fingerprint density at radius 1 is 1.21 bits per heavy atom.